The summed E-state index contributed by atoms with van der Waals surface area (Å²) in [6, 6.07) is 0. The Hall–Kier alpha value is 1.95. The van der Waals surface area contributed by atoms with Crippen molar-refractivity contribution >= 4 is 12.6 Å². The van der Waals surface area contributed by atoms with Gasteiger partial charge in [0.2, 0.25) is 0 Å². The van der Waals surface area contributed by atoms with Gasteiger partial charge in [-0.3, -0.25) is 0 Å². The van der Waals surface area contributed by atoms with E-state index in [0.717, 1.165) is 0 Å². The molecule has 5 heavy (non-hydrogen) atoms. The van der Waals surface area contributed by atoms with Crippen LogP contribution in [0.1, 0.15) is 0 Å². The van der Waals surface area contributed by atoms with Crippen LogP contribution in [0.25, 0.3) is 0 Å². The first-order valence-corrected chi connectivity index (χ1v) is 1.68. The maximum atomic E-state index is 7.77. The van der Waals surface area contributed by atoms with E-state index < -0.39 is 0 Å². The van der Waals surface area contributed by atoms with Gasteiger partial charge in [-0.2, -0.15) is 5.75 Å². The molecule has 0 spiro atoms. The number of rotatable bonds is 1. The molecule has 0 saturated carbocycles. The van der Waals surface area contributed by atoms with Crippen molar-refractivity contribution < 1.29 is 56.5 Å². The zero-order valence-corrected chi connectivity index (χ0v) is 7.21. The fourth-order valence-electron chi connectivity index (χ4n) is 0. The van der Waals surface area contributed by atoms with Gasteiger partial charge in [0.15, 0.2) is 0 Å². The number of aliphatic hydroxyl groups is 1. The minimum Gasteiger partial charge on any atom is -0.790 e. The molecule has 0 aliphatic heterocycles. The number of hydrogen-bond donors (Lipinski definition) is 1. The van der Waals surface area contributed by atoms with Gasteiger partial charge in [-0.1, -0.05) is 0 Å². The summed E-state index contributed by atoms with van der Waals surface area (Å²) in [6.07, 6.45) is 0. The van der Waals surface area contributed by atoms with Gasteiger partial charge in [-0.05, 0) is 0 Å². The normalized spacial score (nSPS) is 6.00. The van der Waals surface area contributed by atoms with Crippen molar-refractivity contribution in [3.63, 3.8) is 0 Å². The maximum Gasteiger partial charge on any atom is 1.00 e. The van der Waals surface area contributed by atoms with Crippen molar-refractivity contribution in [3.05, 3.63) is 0 Å². The van der Waals surface area contributed by atoms with E-state index in [9.17, 15) is 0 Å². The number of hydrogen-bond acceptors (Lipinski definition) is 2. The molecule has 0 aromatic heterocycles. The molecule has 0 atom stereocenters. The molecule has 1 nitrogen and oxygen atoms in total. The molecule has 0 aliphatic rings. The number of aliphatic hydroxyl groups excluding tert-OH is 1. The fourth-order valence-corrected chi connectivity index (χ4v) is 0. The average Bonchev–Trinajstić information content (AvgIpc) is 1.37. The second-order valence-corrected chi connectivity index (χ2v) is 0.836. The van der Waals surface area contributed by atoms with Crippen LogP contribution >= 0.6 is 0 Å². The van der Waals surface area contributed by atoms with Gasteiger partial charge in [0.05, 0.1) is 0 Å². The van der Waals surface area contributed by atoms with Crippen LogP contribution in [0.4, 0.5) is 0 Å². The summed E-state index contributed by atoms with van der Waals surface area (Å²) < 4.78 is 0. The zero-order chi connectivity index (χ0) is 3.41. The molecule has 1 N–H and O–H groups in total. The molecule has 0 aromatic carbocycles. The Morgan fingerprint density at radius 1 is 1.60 bits per heavy atom. The second-order valence-electron chi connectivity index (χ2n) is 0.428. The van der Waals surface area contributed by atoms with Gasteiger partial charge >= 0.3 is 51.4 Å². The molecule has 3 heteroatoms. The van der Waals surface area contributed by atoms with Crippen molar-refractivity contribution in [2.75, 3.05) is 12.4 Å². The summed E-state index contributed by atoms with van der Waals surface area (Å²) >= 11 is 4.30. The first-order valence-electron chi connectivity index (χ1n) is 1.10. The monoisotopic (exact) mass is 116 g/mol. The fraction of sp³-hybridized carbons (Fsp3) is 1.00. The van der Waals surface area contributed by atoms with Gasteiger partial charge < -0.3 is 17.7 Å². The van der Waals surface area contributed by atoms with Gasteiger partial charge in [0.1, 0.15) is 0 Å². The van der Waals surface area contributed by atoms with Crippen LogP contribution in [-0.2, 0) is 12.6 Å². The maximum absolute atomic E-state index is 7.77. The Morgan fingerprint density at radius 2 is 1.80 bits per heavy atom. The summed E-state index contributed by atoms with van der Waals surface area (Å²) in [5.74, 6) is 0.458. The Labute approximate surface area is 80.0 Å². The van der Waals surface area contributed by atoms with Crippen LogP contribution in [0.15, 0.2) is 0 Å². The third-order valence-electron chi connectivity index (χ3n) is 0.0913. The Balaban J connectivity index is 0. The standard InChI is InChI=1S/C2H6OS.K/c3-1-2-4;/h3-4H,1-2H2;/q;+1/p-1. The zero-order valence-electron chi connectivity index (χ0n) is 3.27. The molecule has 0 bridgehead atoms. The van der Waals surface area contributed by atoms with E-state index in [4.69, 9.17) is 5.11 Å². The summed E-state index contributed by atoms with van der Waals surface area (Å²) in [4.78, 5) is 0. The summed E-state index contributed by atoms with van der Waals surface area (Å²) in [6.45, 7) is 0.134. The molecule has 26 valence electrons. The van der Waals surface area contributed by atoms with Crippen LogP contribution in [0.3, 0.4) is 0 Å². The molecule has 0 aliphatic carbocycles. The van der Waals surface area contributed by atoms with E-state index in [0.29, 0.717) is 5.75 Å². The van der Waals surface area contributed by atoms with Crippen molar-refractivity contribution in [2.45, 2.75) is 0 Å². The smallest absolute Gasteiger partial charge is 0.790 e. The van der Waals surface area contributed by atoms with E-state index in [2.05, 4.69) is 12.6 Å². The Kier molecular flexibility index (Phi) is 18.8. The van der Waals surface area contributed by atoms with Crippen LogP contribution in [-0.4, -0.2) is 17.5 Å². The first-order chi connectivity index (χ1) is 1.91. The molecule has 0 fully saturated rings. The van der Waals surface area contributed by atoms with Crippen LogP contribution < -0.4 is 51.4 Å². The van der Waals surface area contributed by atoms with E-state index in [-0.39, 0.29) is 58.0 Å². The third-order valence-corrected chi connectivity index (χ3v) is 0.274. The SMILES string of the molecule is OCC[S-].[K+]. The van der Waals surface area contributed by atoms with E-state index in [1.165, 1.54) is 0 Å². The predicted octanol–water partition coefficient (Wildman–Crippen LogP) is -3.47. The average molecular weight is 116 g/mol. The summed E-state index contributed by atoms with van der Waals surface area (Å²) in [5, 5.41) is 7.77. The minimum absolute atomic E-state index is 0. The van der Waals surface area contributed by atoms with E-state index in [1.807, 2.05) is 0 Å². The molecule has 0 heterocycles. The Morgan fingerprint density at radius 3 is 1.80 bits per heavy atom. The van der Waals surface area contributed by atoms with Crippen molar-refractivity contribution in [2.24, 2.45) is 0 Å². The first kappa shape index (κ1) is 10.0. The quantitative estimate of drug-likeness (QED) is 0.284. The molecule has 0 rings (SSSR count). The molecular weight excluding hydrogens is 111 g/mol. The largest absolute Gasteiger partial charge is 1.00 e. The Bertz CT molecular complexity index is 11.6. The molecule has 0 radical (unpaired) electrons. The van der Waals surface area contributed by atoms with Crippen LogP contribution in [0.2, 0.25) is 0 Å². The molecule has 0 amide bonds. The van der Waals surface area contributed by atoms with Crippen molar-refractivity contribution in [1.82, 2.24) is 0 Å². The van der Waals surface area contributed by atoms with Gasteiger partial charge in [-0.15, -0.1) is 0 Å². The van der Waals surface area contributed by atoms with Crippen molar-refractivity contribution in [1.29, 1.82) is 0 Å². The molecule has 0 aromatic rings. The van der Waals surface area contributed by atoms with Crippen molar-refractivity contribution in [3.8, 4) is 0 Å². The van der Waals surface area contributed by atoms with Gasteiger partial charge in [0, 0.05) is 6.61 Å². The molecule has 0 unspecified atom stereocenters. The molecular formula is C2H5KOS. The van der Waals surface area contributed by atoms with Crippen LogP contribution in [0.5, 0.6) is 0 Å². The molecule has 0 saturated heterocycles. The topological polar surface area (TPSA) is 20.2 Å². The minimum atomic E-state index is 0. The van der Waals surface area contributed by atoms with E-state index in [1.54, 1.807) is 0 Å². The van der Waals surface area contributed by atoms with Gasteiger partial charge in [-0.25, -0.2) is 0 Å². The van der Waals surface area contributed by atoms with Gasteiger partial charge in [0.25, 0.3) is 0 Å². The summed E-state index contributed by atoms with van der Waals surface area (Å²) in [5.41, 5.74) is 0. The summed E-state index contributed by atoms with van der Waals surface area (Å²) in [7, 11) is 0. The van der Waals surface area contributed by atoms with E-state index >= 15 is 0 Å². The second kappa shape index (κ2) is 9.34. The third kappa shape index (κ3) is 10.7. The van der Waals surface area contributed by atoms with Crippen LogP contribution in [0, 0.1) is 0 Å². The predicted molar refractivity (Wildman–Crippen MR) is 19.3 cm³/mol.